The first-order valence-electron chi connectivity index (χ1n) is 12.3. The molecule has 7 nitrogen and oxygen atoms in total. The van der Waals surface area contributed by atoms with Crippen LogP contribution in [0.3, 0.4) is 0 Å². The Labute approximate surface area is 201 Å². The number of nitrogens with zero attached hydrogens (tertiary/aromatic N) is 3. The van der Waals surface area contributed by atoms with Crippen LogP contribution in [0.15, 0.2) is 48.8 Å². The van der Waals surface area contributed by atoms with Crippen molar-refractivity contribution in [3.8, 4) is 5.75 Å². The molecule has 2 fully saturated rings. The molecular formula is C27H33N3O4. The topological polar surface area (TPSA) is 79.8 Å². The predicted octanol–water partition coefficient (Wildman–Crippen LogP) is 3.99. The van der Waals surface area contributed by atoms with Crippen molar-refractivity contribution >= 4 is 17.6 Å². The summed E-state index contributed by atoms with van der Waals surface area (Å²) in [7, 11) is 0. The number of benzene rings is 1. The summed E-state index contributed by atoms with van der Waals surface area (Å²) in [6.07, 6.45) is 10.6. The van der Waals surface area contributed by atoms with Crippen LogP contribution < -0.4 is 4.74 Å². The second kappa shape index (κ2) is 11.8. The Morgan fingerprint density at radius 3 is 2.38 bits per heavy atom. The zero-order valence-electron chi connectivity index (χ0n) is 19.7. The van der Waals surface area contributed by atoms with E-state index in [4.69, 9.17) is 4.74 Å². The summed E-state index contributed by atoms with van der Waals surface area (Å²) in [5.74, 6) is 0.976. The highest BCUT2D eigenvalue weighted by Crippen LogP contribution is 2.26. The Kier molecular flexibility index (Phi) is 8.28. The number of carbonyl (C=O) groups excluding carboxylic acids is 3. The van der Waals surface area contributed by atoms with Gasteiger partial charge < -0.3 is 14.5 Å². The largest absolute Gasteiger partial charge is 0.494 e. The van der Waals surface area contributed by atoms with E-state index >= 15 is 0 Å². The molecule has 1 aliphatic heterocycles. The maximum absolute atomic E-state index is 13.0. The molecule has 34 heavy (non-hydrogen) atoms. The van der Waals surface area contributed by atoms with Gasteiger partial charge in [-0.2, -0.15) is 0 Å². The van der Waals surface area contributed by atoms with Crippen molar-refractivity contribution < 1.29 is 19.1 Å². The fraction of sp³-hybridized carbons (Fsp3) is 0.481. The molecule has 2 heterocycles. The molecule has 0 spiro atoms. The van der Waals surface area contributed by atoms with Crippen LogP contribution in [0.25, 0.3) is 0 Å². The number of Topliss-reactive ketones (excluding diaryl/α,β-unsaturated/α-hetero) is 1. The van der Waals surface area contributed by atoms with Crippen molar-refractivity contribution in [1.82, 2.24) is 14.8 Å². The van der Waals surface area contributed by atoms with Crippen LogP contribution in [0.5, 0.6) is 5.75 Å². The number of ketones is 1. The van der Waals surface area contributed by atoms with Crippen molar-refractivity contribution in [3.63, 3.8) is 0 Å². The molecule has 1 aromatic carbocycles. The average Bonchev–Trinajstić information content (AvgIpc) is 2.89. The van der Waals surface area contributed by atoms with Gasteiger partial charge in [-0.25, -0.2) is 0 Å². The van der Waals surface area contributed by atoms with Crippen LogP contribution in [-0.4, -0.2) is 65.2 Å². The number of pyridine rings is 1. The second-order valence-electron chi connectivity index (χ2n) is 9.18. The van der Waals surface area contributed by atoms with E-state index in [9.17, 15) is 14.4 Å². The Morgan fingerprint density at radius 2 is 1.65 bits per heavy atom. The van der Waals surface area contributed by atoms with Gasteiger partial charge in [0.2, 0.25) is 5.91 Å². The molecule has 0 atom stereocenters. The molecule has 180 valence electrons. The van der Waals surface area contributed by atoms with Gasteiger partial charge in [0, 0.05) is 49.7 Å². The maximum Gasteiger partial charge on any atom is 0.254 e. The van der Waals surface area contributed by atoms with Crippen LogP contribution in [0.2, 0.25) is 0 Å². The second-order valence-corrected chi connectivity index (χ2v) is 9.18. The lowest BCUT2D eigenvalue weighted by molar-refractivity contribution is -0.131. The summed E-state index contributed by atoms with van der Waals surface area (Å²) in [6.45, 7) is 2.41. The van der Waals surface area contributed by atoms with Gasteiger partial charge in [0.1, 0.15) is 5.75 Å². The quantitative estimate of drug-likeness (QED) is 0.437. The minimum atomic E-state index is -0.239. The SMILES string of the molecule is O=C(CC(=O)N1CCN(C(=O)c2cccc(OCCC3CCCCC3)c2)CC1)c1cccnc1. The summed E-state index contributed by atoms with van der Waals surface area (Å²) in [5.41, 5.74) is 1.03. The molecule has 2 aliphatic rings. The predicted molar refractivity (Wildman–Crippen MR) is 129 cm³/mol. The number of hydrogen-bond donors (Lipinski definition) is 0. The molecule has 1 saturated carbocycles. The van der Waals surface area contributed by atoms with Crippen molar-refractivity contribution in [1.29, 1.82) is 0 Å². The van der Waals surface area contributed by atoms with Gasteiger partial charge in [0.05, 0.1) is 13.0 Å². The van der Waals surface area contributed by atoms with E-state index in [0.717, 1.165) is 18.1 Å². The molecule has 0 radical (unpaired) electrons. The number of rotatable bonds is 8. The van der Waals surface area contributed by atoms with Gasteiger partial charge in [-0.05, 0) is 42.7 Å². The van der Waals surface area contributed by atoms with Crippen LogP contribution in [0, 0.1) is 5.92 Å². The van der Waals surface area contributed by atoms with Crippen molar-refractivity contribution in [2.45, 2.75) is 44.9 Å². The van der Waals surface area contributed by atoms with E-state index in [1.165, 1.54) is 38.3 Å². The molecule has 0 unspecified atom stereocenters. The van der Waals surface area contributed by atoms with E-state index in [2.05, 4.69) is 4.98 Å². The summed E-state index contributed by atoms with van der Waals surface area (Å²) < 4.78 is 5.95. The van der Waals surface area contributed by atoms with E-state index in [0.29, 0.717) is 43.9 Å². The maximum atomic E-state index is 13.0. The molecule has 7 heteroatoms. The van der Waals surface area contributed by atoms with E-state index in [1.54, 1.807) is 34.2 Å². The Morgan fingerprint density at radius 1 is 0.912 bits per heavy atom. The van der Waals surface area contributed by atoms with Crippen molar-refractivity contribution in [2.24, 2.45) is 5.92 Å². The van der Waals surface area contributed by atoms with Crippen LogP contribution in [0.1, 0.15) is 65.7 Å². The first kappa shape index (κ1) is 23.9. The molecule has 2 aromatic rings. The number of carbonyl (C=O) groups is 3. The third-order valence-corrected chi connectivity index (χ3v) is 6.82. The van der Waals surface area contributed by atoms with Crippen molar-refractivity contribution in [3.05, 3.63) is 59.9 Å². The molecule has 0 N–H and O–H groups in total. The van der Waals surface area contributed by atoms with E-state index in [-0.39, 0.29) is 24.0 Å². The molecule has 1 saturated heterocycles. The first-order chi connectivity index (χ1) is 16.6. The lowest BCUT2D eigenvalue weighted by Crippen LogP contribution is -2.50. The highest BCUT2D eigenvalue weighted by atomic mass is 16.5. The van der Waals surface area contributed by atoms with Gasteiger partial charge in [0.15, 0.2) is 5.78 Å². The summed E-state index contributed by atoms with van der Waals surface area (Å²) in [4.78, 5) is 45.2. The van der Waals surface area contributed by atoms with Crippen LogP contribution >= 0.6 is 0 Å². The Hall–Kier alpha value is -3.22. The normalized spacial score (nSPS) is 16.8. The average molecular weight is 464 g/mol. The molecular weight excluding hydrogens is 430 g/mol. The molecule has 1 aromatic heterocycles. The Balaban J connectivity index is 1.24. The van der Waals surface area contributed by atoms with Gasteiger partial charge in [-0.3, -0.25) is 19.4 Å². The van der Waals surface area contributed by atoms with E-state index < -0.39 is 0 Å². The summed E-state index contributed by atoms with van der Waals surface area (Å²) in [5, 5.41) is 0. The minimum absolute atomic E-state index is 0.0590. The highest BCUT2D eigenvalue weighted by Gasteiger charge is 2.26. The van der Waals surface area contributed by atoms with Crippen molar-refractivity contribution in [2.75, 3.05) is 32.8 Å². The van der Waals surface area contributed by atoms with Gasteiger partial charge in [-0.15, -0.1) is 0 Å². The van der Waals surface area contributed by atoms with E-state index in [1.807, 2.05) is 18.2 Å². The number of hydrogen-bond acceptors (Lipinski definition) is 5. The van der Waals surface area contributed by atoms with Gasteiger partial charge in [0.25, 0.3) is 5.91 Å². The van der Waals surface area contributed by atoms with Gasteiger partial charge >= 0.3 is 0 Å². The minimum Gasteiger partial charge on any atom is -0.494 e. The number of aromatic nitrogens is 1. The number of ether oxygens (including phenoxy) is 1. The van der Waals surface area contributed by atoms with Gasteiger partial charge in [-0.1, -0.05) is 38.2 Å². The van der Waals surface area contributed by atoms with Crippen LogP contribution in [0.4, 0.5) is 0 Å². The smallest absolute Gasteiger partial charge is 0.254 e. The fourth-order valence-electron chi connectivity index (χ4n) is 4.76. The number of piperazine rings is 1. The monoisotopic (exact) mass is 463 g/mol. The van der Waals surface area contributed by atoms with Crippen LogP contribution in [-0.2, 0) is 4.79 Å². The highest BCUT2D eigenvalue weighted by molar-refractivity contribution is 6.07. The third-order valence-electron chi connectivity index (χ3n) is 6.82. The standard InChI is InChI=1S/C27H33N3O4/c31-25(23-9-5-12-28-20-23)19-26(32)29-13-15-30(16-14-29)27(33)22-8-4-10-24(18-22)34-17-11-21-6-2-1-3-7-21/h4-5,8-10,12,18,20-21H,1-3,6-7,11,13-17,19H2. The molecule has 4 rings (SSSR count). The number of amides is 2. The summed E-state index contributed by atoms with van der Waals surface area (Å²) in [6, 6.07) is 10.7. The molecule has 2 amide bonds. The zero-order chi connectivity index (χ0) is 23.8. The molecule has 1 aliphatic carbocycles. The lowest BCUT2D eigenvalue weighted by Gasteiger charge is -2.34. The summed E-state index contributed by atoms with van der Waals surface area (Å²) >= 11 is 0. The Bertz CT molecular complexity index is 980. The third kappa shape index (κ3) is 6.43. The lowest BCUT2D eigenvalue weighted by atomic mass is 9.87. The first-order valence-corrected chi connectivity index (χ1v) is 12.3. The molecule has 0 bridgehead atoms. The zero-order valence-corrected chi connectivity index (χ0v) is 19.7. The fourth-order valence-corrected chi connectivity index (χ4v) is 4.76.